The molecule has 2 heterocycles. The van der Waals surface area contributed by atoms with Crippen LogP contribution in [0.1, 0.15) is 33.1 Å². The first-order valence-electron chi connectivity index (χ1n) is 7.30. The van der Waals surface area contributed by atoms with Gasteiger partial charge in [0.2, 0.25) is 0 Å². The predicted octanol–water partition coefficient (Wildman–Crippen LogP) is 1.23. The maximum absolute atomic E-state index is 12.1. The van der Waals surface area contributed by atoms with Crippen LogP contribution >= 0.6 is 0 Å². The van der Waals surface area contributed by atoms with E-state index in [1.807, 2.05) is 6.20 Å². The van der Waals surface area contributed by atoms with Gasteiger partial charge in [0.15, 0.2) is 0 Å². The summed E-state index contributed by atoms with van der Waals surface area (Å²) in [6.45, 7) is 7.84. The molecule has 1 aliphatic rings. The number of rotatable bonds is 6. The number of likely N-dealkylation sites (N-methyl/N-ethyl adjacent to an activating group) is 1. The molecule has 19 heavy (non-hydrogen) atoms. The molecule has 1 fully saturated rings. The lowest BCUT2D eigenvalue weighted by atomic mass is 10.2. The van der Waals surface area contributed by atoms with Gasteiger partial charge in [-0.05, 0) is 25.8 Å². The van der Waals surface area contributed by atoms with E-state index < -0.39 is 0 Å². The van der Waals surface area contributed by atoms with Gasteiger partial charge < -0.3 is 10.2 Å². The Morgan fingerprint density at radius 1 is 1.37 bits per heavy atom. The molecule has 0 aliphatic carbocycles. The Kier molecular flexibility index (Phi) is 4.96. The molecular formula is C14H24N4O. The van der Waals surface area contributed by atoms with E-state index in [2.05, 4.69) is 29.2 Å². The summed E-state index contributed by atoms with van der Waals surface area (Å²) in [6, 6.07) is 2.03. The predicted molar refractivity (Wildman–Crippen MR) is 77.7 cm³/mol. The molecule has 106 valence electrons. The number of nitrogens with zero attached hydrogens (tertiary/aromatic N) is 3. The second-order valence-electron chi connectivity index (χ2n) is 5.09. The van der Waals surface area contributed by atoms with Gasteiger partial charge in [0.05, 0.1) is 18.4 Å². The van der Waals surface area contributed by atoms with Crippen molar-refractivity contribution in [2.45, 2.75) is 45.7 Å². The lowest BCUT2D eigenvalue weighted by molar-refractivity contribution is 0.413. The van der Waals surface area contributed by atoms with Crippen molar-refractivity contribution in [3.63, 3.8) is 0 Å². The molecule has 1 N–H and O–H groups in total. The van der Waals surface area contributed by atoms with Crippen LogP contribution in [0.4, 0.5) is 5.69 Å². The summed E-state index contributed by atoms with van der Waals surface area (Å²) >= 11 is 0. The first-order valence-corrected chi connectivity index (χ1v) is 7.30. The number of aromatic nitrogens is 2. The minimum absolute atomic E-state index is 0.000697. The highest BCUT2D eigenvalue weighted by atomic mass is 16.1. The van der Waals surface area contributed by atoms with E-state index in [9.17, 15) is 4.79 Å². The fraction of sp³-hybridized carbons (Fsp3) is 0.714. The van der Waals surface area contributed by atoms with Crippen LogP contribution < -0.4 is 15.8 Å². The molecule has 5 heteroatoms. The molecule has 1 unspecified atom stereocenters. The van der Waals surface area contributed by atoms with Gasteiger partial charge in [0.25, 0.3) is 5.56 Å². The van der Waals surface area contributed by atoms with Crippen molar-refractivity contribution < 1.29 is 0 Å². The van der Waals surface area contributed by atoms with Crippen molar-refractivity contribution >= 4 is 5.69 Å². The molecule has 0 aromatic carbocycles. The van der Waals surface area contributed by atoms with E-state index in [1.165, 1.54) is 12.8 Å². The minimum Gasteiger partial charge on any atom is -0.370 e. The standard InChI is InChI=1S/C14H24N4O/c1-3-12(15-4-2)11-18-14(19)9-13(10-16-18)17-7-5-6-8-17/h9-10,12,15H,3-8,11H2,1-2H3. The van der Waals surface area contributed by atoms with Crippen molar-refractivity contribution in [1.82, 2.24) is 15.1 Å². The average molecular weight is 264 g/mol. The van der Waals surface area contributed by atoms with Crippen LogP contribution in [-0.4, -0.2) is 35.5 Å². The summed E-state index contributed by atoms with van der Waals surface area (Å²) in [4.78, 5) is 14.3. The highest BCUT2D eigenvalue weighted by Crippen LogP contribution is 2.16. The number of hydrogen-bond donors (Lipinski definition) is 1. The highest BCUT2D eigenvalue weighted by Gasteiger charge is 2.14. The molecule has 0 spiro atoms. The van der Waals surface area contributed by atoms with Crippen molar-refractivity contribution in [2.75, 3.05) is 24.5 Å². The third-order valence-electron chi connectivity index (χ3n) is 3.71. The summed E-state index contributed by atoms with van der Waals surface area (Å²) in [7, 11) is 0. The smallest absolute Gasteiger partial charge is 0.268 e. The molecule has 1 aromatic rings. The number of anilines is 1. The van der Waals surface area contributed by atoms with Gasteiger partial charge in [-0.1, -0.05) is 13.8 Å². The largest absolute Gasteiger partial charge is 0.370 e. The maximum Gasteiger partial charge on any atom is 0.268 e. The fourth-order valence-corrected chi connectivity index (χ4v) is 2.54. The summed E-state index contributed by atoms with van der Waals surface area (Å²) < 4.78 is 1.57. The summed E-state index contributed by atoms with van der Waals surface area (Å²) in [5.41, 5.74) is 0.969. The Morgan fingerprint density at radius 2 is 2.11 bits per heavy atom. The zero-order valence-corrected chi connectivity index (χ0v) is 11.9. The monoisotopic (exact) mass is 264 g/mol. The van der Waals surface area contributed by atoms with E-state index >= 15 is 0 Å². The molecule has 1 aromatic heterocycles. The summed E-state index contributed by atoms with van der Waals surface area (Å²) in [5.74, 6) is 0. The lowest BCUT2D eigenvalue weighted by Crippen LogP contribution is -2.37. The Hall–Kier alpha value is -1.36. The maximum atomic E-state index is 12.1. The van der Waals surface area contributed by atoms with Crippen molar-refractivity contribution in [3.05, 3.63) is 22.6 Å². The van der Waals surface area contributed by atoms with Gasteiger partial charge in [-0.25, -0.2) is 4.68 Å². The number of nitrogens with one attached hydrogen (secondary N) is 1. The van der Waals surface area contributed by atoms with Gasteiger partial charge in [-0.2, -0.15) is 5.10 Å². The third kappa shape index (κ3) is 3.56. The second kappa shape index (κ2) is 6.70. The fourth-order valence-electron chi connectivity index (χ4n) is 2.54. The molecule has 5 nitrogen and oxygen atoms in total. The molecule has 0 saturated carbocycles. The Balaban J connectivity index is 2.08. The van der Waals surface area contributed by atoms with Gasteiger partial charge in [0.1, 0.15) is 0 Å². The minimum atomic E-state index is 0.000697. The van der Waals surface area contributed by atoms with E-state index in [-0.39, 0.29) is 5.56 Å². The van der Waals surface area contributed by atoms with E-state index in [4.69, 9.17) is 0 Å². The SMILES string of the molecule is CCNC(CC)Cn1ncc(N2CCCC2)cc1=O. The molecule has 0 amide bonds. The Bertz CT molecular complexity index is 451. The molecular weight excluding hydrogens is 240 g/mol. The highest BCUT2D eigenvalue weighted by molar-refractivity contribution is 5.43. The molecule has 2 rings (SSSR count). The summed E-state index contributed by atoms with van der Waals surface area (Å²) in [5, 5.41) is 7.68. The normalized spacial score (nSPS) is 16.8. The van der Waals surface area contributed by atoms with E-state index in [1.54, 1.807) is 10.7 Å². The van der Waals surface area contributed by atoms with Crippen LogP contribution in [-0.2, 0) is 6.54 Å². The topological polar surface area (TPSA) is 50.2 Å². The quantitative estimate of drug-likeness (QED) is 0.839. The van der Waals surface area contributed by atoms with Crippen LogP contribution in [0.5, 0.6) is 0 Å². The van der Waals surface area contributed by atoms with Crippen LogP contribution in [0.15, 0.2) is 17.1 Å². The van der Waals surface area contributed by atoms with Gasteiger partial charge in [-0.3, -0.25) is 4.79 Å². The molecule has 1 atom stereocenters. The van der Waals surface area contributed by atoms with E-state index in [0.717, 1.165) is 31.7 Å². The summed E-state index contributed by atoms with van der Waals surface area (Å²) in [6.07, 6.45) is 5.24. The van der Waals surface area contributed by atoms with Crippen LogP contribution in [0, 0.1) is 0 Å². The van der Waals surface area contributed by atoms with Crippen molar-refractivity contribution in [3.8, 4) is 0 Å². The van der Waals surface area contributed by atoms with Crippen LogP contribution in [0.3, 0.4) is 0 Å². The van der Waals surface area contributed by atoms with Gasteiger partial charge in [0, 0.05) is 25.2 Å². The molecule has 0 bridgehead atoms. The molecule has 0 radical (unpaired) electrons. The van der Waals surface area contributed by atoms with Crippen molar-refractivity contribution in [1.29, 1.82) is 0 Å². The second-order valence-corrected chi connectivity index (χ2v) is 5.09. The van der Waals surface area contributed by atoms with E-state index in [0.29, 0.717) is 12.6 Å². The Labute approximate surface area is 114 Å². The Morgan fingerprint density at radius 3 is 2.68 bits per heavy atom. The van der Waals surface area contributed by atoms with Gasteiger partial charge >= 0.3 is 0 Å². The molecule has 1 aliphatic heterocycles. The van der Waals surface area contributed by atoms with Crippen molar-refractivity contribution in [2.24, 2.45) is 0 Å². The average Bonchev–Trinajstić information content (AvgIpc) is 2.94. The zero-order valence-electron chi connectivity index (χ0n) is 11.9. The van der Waals surface area contributed by atoms with Crippen LogP contribution in [0.2, 0.25) is 0 Å². The first-order chi connectivity index (χ1) is 9.24. The number of hydrogen-bond acceptors (Lipinski definition) is 4. The van der Waals surface area contributed by atoms with Crippen LogP contribution in [0.25, 0.3) is 0 Å². The van der Waals surface area contributed by atoms with Gasteiger partial charge in [-0.15, -0.1) is 0 Å². The zero-order chi connectivity index (χ0) is 13.7. The first kappa shape index (κ1) is 14.1. The third-order valence-corrected chi connectivity index (χ3v) is 3.71. The lowest BCUT2D eigenvalue weighted by Gasteiger charge is -2.19. The molecule has 1 saturated heterocycles.